The van der Waals surface area contributed by atoms with Crippen LogP contribution >= 0.6 is 50.8 Å². The van der Waals surface area contributed by atoms with Crippen molar-refractivity contribution in [2.75, 3.05) is 18.1 Å². The van der Waals surface area contributed by atoms with Gasteiger partial charge in [-0.15, -0.1) is 10.2 Å². The molecule has 2 aromatic heterocycles. The summed E-state index contributed by atoms with van der Waals surface area (Å²) in [7, 11) is 0. The molecule has 0 saturated carbocycles. The summed E-state index contributed by atoms with van der Waals surface area (Å²) < 4.78 is 2.71. The van der Waals surface area contributed by atoms with Crippen LogP contribution in [0.25, 0.3) is 0 Å². The standard InChI is InChI=1S/C10H12BrN5S3/c1-3-4-12-7-6(11)8(14-5-13-7)18-10-16-15-9(17-2)19-10/h5H,3-4H2,1-2H3,(H,12,13,14). The molecule has 5 nitrogen and oxygen atoms in total. The summed E-state index contributed by atoms with van der Waals surface area (Å²) in [5.74, 6) is 0.814. The lowest BCUT2D eigenvalue weighted by Crippen LogP contribution is -2.03. The fraction of sp³-hybridized carbons (Fsp3) is 0.400. The molecular weight excluding hydrogens is 366 g/mol. The van der Waals surface area contributed by atoms with E-state index in [9.17, 15) is 0 Å². The van der Waals surface area contributed by atoms with Gasteiger partial charge in [-0.1, -0.05) is 30.0 Å². The summed E-state index contributed by atoms with van der Waals surface area (Å²) in [5.41, 5.74) is 0. The van der Waals surface area contributed by atoms with Gasteiger partial charge in [-0.05, 0) is 40.4 Å². The van der Waals surface area contributed by atoms with E-state index in [1.807, 2.05) is 6.26 Å². The Bertz CT molecular complexity index is 548. The maximum atomic E-state index is 4.27. The Morgan fingerprint density at radius 3 is 2.79 bits per heavy atom. The molecule has 0 atom stereocenters. The van der Waals surface area contributed by atoms with Crippen molar-refractivity contribution in [1.29, 1.82) is 0 Å². The predicted octanol–water partition coefficient (Wildman–Crippen LogP) is 3.79. The van der Waals surface area contributed by atoms with Crippen molar-refractivity contribution < 1.29 is 0 Å². The summed E-state index contributed by atoms with van der Waals surface area (Å²) in [6.45, 7) is 3.00. The van der Waals surface area contributed by atoms with Gasteiger partial charge in [-0.2, -0.15) is 0 Å². The molecule has 0 aliphatic rings. The fourth-order valence-corrected chi connectivity index (χ4v) is 4.12. The molecule has 0 aliphatic carbocycles. The van der Waals surface area contributed by atoms with E-state index in [1.54, 1.807) is 29.4 Å². The highest BCUT2D eigenvalue weighted by Gasteiger charge is 2.12. The lowest BCUT2D eigenvalue weighted by molar-refractivity contribution is 0.938. The first-order chi connectivity index (χ1) is 9.24. The number of halogens is 1. The minimum absolute atomic E-state index is 0.814. The molecule has 19 heavy (non-hydrogen) atoms. The normalized spacial score (nSPS) is 10.7. The highest BCUT2D eigenvalue weighted by Crippen LogP contribution is 2.37. The number of nitrogens with zero attached hydrogens (tertiary/aromatic N) is 4. The average Bonchev–Trinajstić information content (AvgIpc) is 2.87. The van der Waals surface area contributed by atoms with E-state index >= 15 is 0 Å². The van der Waals surface area contributed by atoms with Crippen LogP contribution in [0.3, 0.4) is 0 Å². The van der Waals surface area contributed by atoms with Crippen molar-refractivity contribution in [3.63, 3.8) is 0 Å². The first kappa shape index (κ1) is 15.0. The van der Waals surface area contributed by atoms with Gasteiger partial charge in [0.2, 0.25) is 0 Å². The van der Waals surface area contributed by atoms with Gasteiger partial charge in [-0.25, -0.2) is 9.97 Å². The number of hydrogen-bond acceptors (Lipinski definition) is 8. The van der Waals surface area contributed by atoms with Crippen LogP contribution in [-0.2, 0) is 0 Å². The van der Waals surface area contributed by atoms with Gasteiger partial charge in [0.05, 0.1) is 4.47 Å². The highest BCUT2D eigenvalue weighted by atomic mass is 79.9. The number of rotatable bonds is 6. The molecule has 9 heteroatoms. The van der Waals surface area contributed by atoms with Crippen molar-refractivity contribution in [2.24, 2.45) is 0 Å². The Kier molecular flexibility index (Phi) is 5.86. The molecule has 0 unspecified atom stereocenters. The van der Waals surface area contributed by atoms with Crippen molar-refractivity contribution in [2.45, 2.75) is 27.0 Å². The van der Waals surface area contributed by atoms with E-state index in [4.69, 9.17) is 0 Å². The predicted molar refractivity (Wildman–Crippen MR) is 84.3 cm³/mol. The zero-order valence-corrected chi connectivity index (χ0v) is 14.4. The third kappa shape index (κ3) is 4.04. The molecule has 0 spiro atoms. The van der Waals surface area contributed by atoms with Crippen molar-refractivity contribution in [3.8, 4) is 0 Å². The highest BCUT2D eigenvalue weighted by molar-refractivity contribution is 9.10. The van der Waals surface area contributed by atoms with Crippen molar-refractivity contribution in [3.05, 3.63) is 10.8 Å². The summed E-state index contributed by atoms with van der Waals surface area (Å²) in [6, 6.07) is 0. The minimum Gasteiger partial charge on any atom is -0.369 e. The molecule has 0 aliphatic heterocycles. The number of nitrogens with one attached hydrogen (secondary N) is 1. The van der Waals surface area contributed by atoms with Crippen molar-refractivity contribution in [1.82, 2.24) is 20.2 Å². The monoisotopic (exact) mass is 377 g/mol. The van der Waals surface area contributed by atoms with Crippen LogP contribution in [0.15, 0.2) is 24.5 Å². The van der Waals surface area contributed by atoms with Crippen molar-refractivity contribution >= 4 is 56.6 Å². The molecule has 0 fully saturated rings. The molecule has 2 rings (SSSR count). The molecule has 0 bridgehead atoms. The quantitative estimate of drug-likeness (QED) is 0.606. The zero-order chi connectivity index (χ0) is 13.7. The summed E-state index contributed by atoms with van der Waals surface area (Å²) >= 11 is 8.18. The van der Waals surface area contributed by atoms with Crippen LogP contribution in [0.5, 0.6) is 0 Å². The van der Waals surface area contributed by atoms with Gasteiger partial charge < -0.3 is 5.32 Å². The maximum Gasteiger partial charge on any atom is 0.181 e. The van der Waals surface area contributed by atoms with Crippen LogP contribution in [0.2, 0.25) is 0 Å². The molecule has 1 N–H and O–H groups in total. The molecule has 0 aromatic carbocycles. The van der Waals surface area contributed by atoms with Gasteiger partial charge in [0.1, 0.15) is 17.2 Å². The molecule has 102 valence electrons. The lowest BCUT2D eigenvalue weighted by Gasteiger charge is -2.07. The van der Waals surface area contributed by atoms with Gasteiger partial charge >= 0.3 is 0 Å². The summed E-state index contributed by atoms with van der Waals surface area (Å²) in [4.78, 5) is 8.49. The Labute approximate surface area is 132 Å². The second-order valence-corrected chi connectivity index (χ2v) is 7.47. The zero-order valence-electron chi connectivity index (χ0n) is 10.4. The van der Waals surface area contributed by atoms with E-state index in [1.165, 1.54) is 11.8 Å². The van der Waals surface area contributed by atoms with E-state index in [-0.39, 0.29) is 0 Å². The molecule has 2 aromatic rings. The van der Waals surface area contributed by atoms with Gasteiger partial charge in [0.25, 0.3) is 0 Å². The lowest BCUT2D eigenvalue weighted by atomic mass is 10.4. The molecule has 0 radical (unpaired) electrons. The largest absolute Gasteiger partial charge is 0.369 e. The van der Waals surface area contributed by atoms with Gasteiger partial charge in [-0.3, -0.25) is 0 Å². The molecular formula is C10H12BrN5S3. The van der Waals surface area contributed by atoms with Crippen LogP contribution in [-0.4, -0.2) is 33.0 Å². The molecule has 2 heterocycles. The minimum atomic E-state index is 0.814. The molecule has 0 amide bonds. The van der Waals surface area contributed by atoms with E-state index in [0.29, 0.717) is 0 Å². The third-order valence-electron chi connectivity index (χ3n) is 2.05. The second kappa shape index (κ2) is 7.41. The van der Waals surface area contributed by atoms with Crippen LogP contribution < -0.4 is 5.32 Å². The average molecular weight is 378 g/mol. The first-order valence-electron chi connectivity index (χ1n) is 5.54. The number of aromatic nitrogens is 4. The second-order valence-electron chi connectivity index (χ2n) is 3.41. The smallest absolute Gasteiger partial charge is 0.181 e. The van der Waals surface area contributed by atoms with E-state index in [2.05, 4.69) is 48.3 Å². The van der Waals surface area contributed by atoms with Gasteiger partial charge in [0, 0.05) is 6.54 Å². The Morgan fingerprint density at radius 1 is 1.32 bits per heavy atom. The Hall–Kier alpha value is -0.380. The van der Waals surface area contributed by atoms with Crippen LogP contribution in [0.4, 0.5) is 5.82 Å². The first-order valence-corrected chi connectivity index (χ1v) is 9.19. The Balaban J connectivity index is 2.15. The van der Waals surface area contributed by atoms with Crippen LogP contribution in [0.1, 0.15) is 13.3 Å². The van der Waals surface area contributed by atoms with Crippen LogP contribution in [0, 0.1) is 0 Å². The number of anilines is 1. The van der Waals surface area contributed by atoms with E-state index < -0.39 is 0 Å². The Morgan fingerprint density at radius 2 is 2.11 bits per heavy atom. The third-order valence-corrected chi connectivity index (χ3v) is 6.01. The summed E-state index contributed by atoms with van der Waals surface area (Å²) in [6.07, 6.45) is 4.59. The molecule has 0 saturated heterocycles. The van der Waals surface area contributed by atoms with E-state index in [0.717, 1.165) is 37.0 Å². The topological polar surface area (TPSA) is 63.6 Å². The SMILES string of the molecule is CCCNc1ncnc(Sc2nnc(SC)s2)c1Br. The van der Waals surface area contributed by atoms with Gasteiger partial charge in [0.15, 0.2) is 8.68 Å². The number of hydrogen-bond donors (Lipinski definition) is 1. The fourth-order valence-electron chi connectivity index (χ4n) is 1.20. The summed E-state index contributed by atoms with van der Waals surface area (Å²) in [5, 5.41) is 12.3. The number of thioether (sulfide) groups is 1. The maximum absolute atomic E-state index is 4.27.